The van der Waals surface area contributed by atoms with E-state index in [0.717, 1.165) is 11.6 Å². The van der Waals surface area contributed by atoms with E-state index < -0.39 is 5.97 Å². The van der Waals surface area contributed by atoms with E-state index in [9.17, 15) is 4.79 Å². The number of carbonyl (C=O) groups excluding carboxylic acids is 1. The van der Waals surface area contributed by atoms with Gasteiger partial charge in [0.2, 0.25) is 0 Å². The summed E-state index contributed by atoms with van der Waals surface area (Å²) >= 11 is 0. The van der Waals surface area contributed by atoms with Crippen LogP contribution in [0.2, 0.25) is 0 Å². The highest BCUT2D eigenvalue weighted by Gasteiger charge is 2.03. The number of hydrogen-bond acceptors (Lipinski definition) is 3. The van der Waals surface area contributed by atoms with Gasteiger partial charge in [-0.25, -0.2) is 4.79 Å². The first kappa shape index (κ1) is 17.1. The van der Waals surface area contributed by atoms with E-state index in [1.165, 1.54) is 0 Å². The van der Waals surface area contributed by atoms with E-state index in [0.29, 0.717) is 17.9 Å². The largest absolute Gasteiger partial charge is 0.422 e. The van der Waals surface area contributed by atoms with Gasteiger partial charge < -0.3 is 9.47 Å². The van der Waals surface area contributed by atoms with Crippen LogP contribution in [0.4, 0.5) is 0 Å². The van der Waals surface area contributed by atoms with Crippen LogP contribution in [-0.2, 0) is 9.53 Å². The Morgan fingerprint density at radius 1 is 0.958 bits per heavy atom. The molecule has 0 fully saturated rings. The molecule has 0 unspecified atom stereocenters. The molecule has 0 aliphatic carbocycles. The quantitative estimate of drug-likeness (QED) is 0.286. The van der Waals surface area contributed by atoms with E-state index in [-0.39, 0.29) is 6.61 Å². The highest BCUT2D eigenvalue weighted by molar-refractivity contribution is 5.83. The molecule has 2 rings (SSSR count). The highest BCUT2D eigenvalue weighted by atomic mass is 16.5. The molecule has 0 radical (unpaired) electrons. The minimum atomic E-state index is -0.517. The molecule has 0 N–H and O–H groups in total. The fraction of sp³-hybridized carbons (Fsp3) is 0.0952. The molecule has 24 heavy (non-hydrogen) atoms. The second-order valence-corrected chi connectivity index (χ2v) is 4.58. The minimum absolute atomic E-state index is 0.243. The Hall–Kier alpha value is -3.27. The fourth-order valence-electron chi connectivity index (χ4n) is 1.75. The second-order valence-electron chi connectivity index (χ2n) is 4.58. The lowest BCUT2D eigenvalue weighted by atomic mass is 10.2. The van der Waals surface area contributed by atoms with Gasteiger partial charge >= 0.3 is 5.97 Å². The summed E-state index contributed by atoms with van der Waals surface area (Å²) in [6.45, 7) is 3.91. The smallest absolute Gasteiger partial charge is 0.335 e. The molecule has 2 aromatic rings. The summed E-state index contributed by atoms with van der Waals surface area (Å²) < 4.78 is 10.5. The average Bonchev–Trinajstić information content (AvgIpc) is 2.63. The normalized spacial score (nSPS) is 9.00. The number of ether oxygens (including phenoxy) is 2. The van der Waals surface area contributed by atoms with Crippen LogP contribution in [0.1, 0.15) is 11.1 Å². The molecule has 118 valence electrons. The molecule has 0 saturated carbocycles. The molecule has 2 aromatic carbocycles. The lowest BCUT2D eigenvalue weighted by Gasteiger charge is -2.03. The summed E-state index contributed by atoms with van der Waals surface area (Å²) in [5.74, 6) is 11.6. The van der Waals surface area contributed by atoms with Gasteiger partial charge in [0.1, 0.15) is 19.0 Å². The molecule has 0 amide bonds. The maximum absolute atomic E-state index is 11.3. The molecule has 3 nitrogen and oxygen atoms in total. The number of benzene rings is 2. The standard InChI is InChI=1S/C21H16O3/c1-2-21(22)24-20-15-7-6-13-19(20)14-9-17-23-16-8-12-18-10-4-3-5-11-18/h2-7,10-11,13,15H,1,16-17H2. The Kier molecular flexibility index (Phi) is 6.90. The minimum Gasteiger partial charge on any atom is -0.422 e. The zero-order valence-corrected chi connectivity index (χ0v) is 13.1. The molecule has 0 saturated heterocycles. The molecule has 0 bridgehead atoms. The zero-order valence-electron chi connectivity index (χ0n) is 13.1. The van der Waals surface area contributed by atoms with Crippen molar-refractivity contribution in [2.45, 2.75) is 0 Å². The zero-order chi connectivity index (χ0) is 17.0. The Labute approximate surface area is 141 Å². The molecule has 0 atom stereocenters. The van der Waals surface area contributed by atoms with Crippen molar-refractivity contribution in [3.63, 3.8) is 0 Å². The third kappa shape index (κ3) is 5.85. The van der Waals surface area contributed by atoms with Crippen molar-refractivity contribution in [3.05, 3.63) is 78.4 Å². The molecular weight excluding hydrogens is 300 g/mol. The van der Waals surface area contributed by atoms with E-state index in [4.69, 9.17) is 9.47 Å². The number of carbonyl (C=O) groups is 1. The summed E-state index contributed by atoms with van der Waals surface area (Å²) in [5, 5.41) is 0. The third-order valence-corrected chi connectivity index (χ3v) is 2.84. The van der Waals surface area contributed by atoms with Gasteiger partial charge in [0, 0.05) is 11.6 Å². The fourth-order valence-corrected chi connectivity index (χ4v) is 1.75. The van der Waals surface area contributed by atoms with Crippen LogP contribution in [0, 0.1) is 23.7 Å². The van der Waals surface area contributed by atoms with Crippen LogP contribution >= 0.6 is 0 Å². The molecule has 3 heteroatoms. The lowest BCUT2D eigenvalue weighted by Crippen LogP contribution is -2.04. The maximum Gasteiger partial charge on any atom is 0.335 e. The average molecular weight is 316 g/mol. The predicted octanol–water partition coefficient (Wildman–Crippen LogP) is 3.20. The highest BCUT2D eigenvalue weighted by Crippen LogP contribution is 2.16. The number of para-hydroxylation sites is 1. The Morgan fingerprint density at radius 3 is 2.38 bits per heavy atom. The Bertz CT molecular complexity index is 815. The lowest BCUT2D eigenvalue weighted by molar-refractivity contribution is -0.128. The van der Waals surface area contributed by atoms with Gasteiger partial charge in [-0.05, 0) is 24.3 Å². The summed E-state index contributed by atoms with van der Waals surface area (Å²) in [4.78, 5) is 11.3. The van der Waals surface area contributed by atoms with Crippen LogP contribution in [0.3, 0.4) is 0 Å². The molecular formula is C21H16O3. The van der Waals surface area contributed by atoms with E-state index in [1.54, 1.807) is 18.2 Å². The molecule has 0 aliphatic heterocycles. The topological polar surface area (TPSA) is 35.5 Å². The van der Waals surface area contributed by atoms with E-state index >= 15 is 0 Å². The first-order valence-corrected chi connectivity index (χ1v) is 7.33. The first-order chi connectivity index (χ1) is 11.8. The van der Waals surface area contributed by atoms with Crippen LogP contribution in [0.5, 0.6) is 5.75 Å². The summed E-state index contributed by atoms with van der Waals surface area (Å²) in [6.07, 6.45) is 1.11. The third-order valence-electron chi connectivity index (χ3n) is 2.84. The van der Waals surface area contributed by atoms with Crippen molar-refractivity contribution in [1.82, 2.24) is 0 Å². The molecule has 0 heterocycles. The van der Waals surface area contributed by atoms with E-state index in [2.05, 4.69) is 30.3 Å². The Morgan fingerprint density at radius 2 is 1.62 bits per heavy atom. The monoisotopic (exact) mass is 316 g/mol. The van der Waals surface area contributed by atoms with Crippen molar-refractivity contribution < 1.29 is 14.3 Å². The maximum atomic E-state index is 11.3. The summed E-state index contributed by atoms with van der Waals surface area (Å²) in [5.41, 5.74) is 1.57. The van der Waals surface area contributed by atoms with Gasteiger partial charge in [0.15, 0.2) is 0 Å². The predicted molar refractivity (Wildman–Crippen MR) is 93.3 cm³/mol. The van der Waals surface area contributed by atoms with Crippen molar-refractivity contribution in [1.29, 1.82) is 0 Å². The SMILES string of the molecule is C=CC(=O)Oc1ccccc1C#CCOCC#Cc1ccccc1. The second kappa shape index (κ2) is 9.69. The number of esters is 1. The molecule has 0 spiro atoms. The summed E-state index contributed by atoms with van der Waals surface area (Å²) in [7, 11) is 0. The molecule has 0 aromatic heterocycles. The number of rotatable bonds is 4. The summed E-state index contributed by atoms with van der Waals surface area (Å²) in [6, 6.07) is 16.7. The van der Waals surface area contributed by atoms with Gasteiger partial charge in [0.25, 0.3) is 0 Å². The van der Waals surface area contributed by atoms with Crippen LogP contribution in [-0.4, -0.2) is 19.2 Å². The number of hydrogen-bond donors (Lipinski definition) is 0. The van der Waals surface area contributed by atoms with Gasteiger partial charge in [-0.15, -0.1) is 0 Å². The van der Waals surface area contributed by atoms with Gasteiger partial charge in [-0.3, -0.25) is 0 Å². The van der Waals surface area contributed by atoms with Crippen LogP contribution in [0.25, 0.3) is 0 Å². The molecule has 0 aliphatic rings. The van der Waals surface area contributed by atoms with Crippen LogP contribution in [0.15, 0.2) is 67.3 Å². The van der Waals surface area contributed by atoms with Crippen LogP contribution < -0.4 is 4.74 Å². The first-order valence-electron chi connectivity index (χ1n) is 7.33. The Balaban J connectivity index is 1.85. The van der Waals surface area contributed by atoms with Gasteiger partial charge in [-0.2, -0.15) is 0 Å². The van der Waals surface area contributed by atoms with Gasteiger partial charge in [-0.1, -0.05) is 60.6 Å². The van der Waals surface area contributed by atoms with Crippen molar-refractivity contribution in [2.24, 2.45) is 0 Å². The van der Waals surface area contributed by atoms with Gasteiger partial charge in [0.05, 0.1) is 5.56 Å². The van der Waals surface area contributed by atoms with Crippen molar-refractivity contribution >= 4 is 5.97 Å². The van der Waals surface area contributed by atoms with Crippen molar-refractivity contribution in [2.75, 3.05) is 13.2 Å². The van der Waals surface area contributed by atoms with E-state index in [1.807, 2.05) is 36.4 Å². The van der Waals surface area contributed by atoms with Crippen molar-refractivity contribution in [3.8, 4) is 29.4 Å².